The van der Waals surface area contributed by atoms with E-state index < -0.39 is 11.6 Å². The summed E-state index contributed by atoms with van der Waals surface area (Å²) in [5.74, 6) is -1.65. The molecule has 0 amide bonds. The van der Waals surface area contributed by atoms with Crippen LogP contribution in [0.4, 0.5) is 14.6 Å². The van der Waals surface area contributed by atoms with Crippen molar-refractivity contribution >= 4 is 5.82 Å². The summed E-state index contributed by atoms with van der Waals surface area (Å²) in [4.78, 5) is 4.32. The van der Waals surface area contributed by atoms with Crippen LogP contribution in [0, 0.1) is 25.5 Å². The molecular weight excluding hydrogens is 428 g/mol. The minimum absolute atomic E-state index is 0.113. The fourth-order valence-corrected chi connectivity index (χ4v) is 4.14. The SMILES string of the molecule is Cc1ccc(-n2nnnc2-c2cc(-c3cn(C4CCNCC4)nc3C)cnc2N)c(F)c1F. The zero-order valence-electron chi connectivity index (χ0n) is 18.3. The number of anilines is 1. The smallest absolute Gasteiger partial charge is 0.190 e. The number of nitrogen functional groups attached to an aromatic ring is 1. The van der Waals surface area contributed by atoms with Crippen molar-refractivity contribution in [2.24, 2.45) is 0 Å². The number of nitrogens with zero attached hydrogens (tertiary/aromatic N) is 7. The highest BCUT2D eigenvalue weighted by Gasteiger charge is 2.22. The van der Waals surface area contributed by atoms with Crippen LogP contribution < -0.4 is 11.1 Å². The number of piperidine rings is 1. The van der Waals surface area contributed by atoms with E-state index in [0.29, 0.717) is 11.6 Å². The van der Waals surface area contributed by atoms with Crippen LogP contribution in [-0.4, -0.2) is 48.1 Å². The monoisotopic (exact) mass is 451 g/mol. The number of aryl methyl sites for hydroxylation is 2. The summed E-state index contributed by atoms with van der Waals surface area (Å²) in [6, 6.07) is 5.03. The van der Waals surface area contributed by atoms with E-state index in [0.717, 1.165) is 47.4 Å². The number of nitrogens with two attached hydrogens (primary N) is 1. The molecular formula is C22H23F2N9. The lowest BCUT2D eigenvalue weighted by Crippen LogP contribution is -2.29. The van der Waals surface area contributed by atoms with Crippen LogP contribution in [0.25, 0.3) is 28.2 Å². The molecule has 1 aromatic carbocycles. The molecule has 0 bridgehead atoms. The molecule has 0 unspecified atom stereocenters. The van der Waals surface area contributed by atoms with Crippen molar-refractivity contribution in [3.05, 3.63) is 53.5 Å². The third kappa shape index (κ3) is 3.74. The number of nitrogens with one attached hydrogen (secondary N) is 1. The topological polar surface area (TPSA) is 112 Å². The molecule has 33 heavy (non-hydrogen) atoms. The molecule has 0 spiro atoms. The summed E-state index contributed by atoms with van der Waals surface area (Å²) in [5, 5.41) is 19.6. The normalized spacial score (nSPS) is 14.7. The summed E-state index contributed by atoms with van der Waals surface area (Å²) in [6.07, 6.45) is 5.70. The van der Waals surface area contributed by atoms with E-state index in [1.165, 1.54) is 19.1 Å². The second kappa shape index (κ2) is 8.32. The Balaban J connectivity index is 1.57. The second-order valence-electron chi connectivity index (χ2n) is 8.19. The Bertz CT molecular complexity index is 1320. The summed E-state index contributed by atoms with van der Waals surface area (Å²) >= 11 is 0. The molecule has 1 fully saturated rings. The van der Waals surface area contributed by atoms with Gasteiger partial charge in [-0.3, -0.25) is 4.68 Å². The molecule has 9 nitrogen and oxygen atoms in total. The molecule has 170 valence electrons. The highest BCUT2D eigenvalue weighted by Crippen LogP contribution is 2.32. The van der Waals surface area contributed by atoms with Crippen molar-refractivity contribution in [1.29, 1.82) is 0 Å². The van der Waals surface area contributed by atoms with Crippen LogP contribution in [0.3, 0.4) is 0 Å². The lowest BCUT2D eigenvalue weighted by Gasteiger charge is -2.22. The van der Waals surface area contributed by atoms with Gasteiger partial charge in [-0.25, -0.2) is 13.8 Å². The molecule has 0 aliphatic carbocycles. The Morgan fingerprint density at radius 2 is 1.88 bits per heavy atom. The largest absolute Gasteiger partial charge is 0.383 e. The van der Waals surface area contributed by atoms with E-state index in [-0.39, 0.29) is 22.9 Å². The van der Waals surface area contributed by atoms with Crippen LogP contribution in [0.5, 0.6) is 0 Å². The van der Waals surface area contributed by atoms with Gasteiger partial charge >= 0.3 is 0 Å². The van der Waals surface area contributed by atoms with Gasteiger partial charge in [0.05, 0.1) is 17.3 Å². The highest BCUT2D eigenvalue weighted by atomic mass is 19.2. The van der Waals surface area contributed by atoms with Gasteiger partial charge in [-0.15, -0.1) is 5.10 Å². The van der Waals surface area contributed by atoms with E-state index in [2.05, 4.69) is 25.8 Å². The second-order valence-corrected chi connectivity index (χ2v) is 8.19. The number of aromatic nitrogens is 7. The van der Waals surface area contributed by atoms with Crippen molar-refractivity contribution in [1.82, 2.24) is 40.3 Å². The predicted molar refractivity (Wildman–Crippen MR) is 119 cm³/mol. The van der Waals surface area contributed by atoms with Crippen LogP contribution in [0.1, 0.15) is 30.1 Å². The van der Waals surface area contributed by atoms with Gasteiger partial charge in [0.25, 0.3) is 0 Å². The Kier molecular flexibility index (Phi) is 5.33. The third-order valence-corrected chi connectivity index (χ3v) is 6.02. The lowest BCUT2D eigenvalue weighted by molar-refractivity contribution is 0.342. The molecule has 1 aliphatic heterocycles. The van der Waals surface area contributed by atoms with Crippen molar-refractivity contribution in [2.45, 2.75) is 32.7 Å². The maximum absolute atomic E-state index is 14.6. The highest BCUT2D eigenvalue weighted by molar-refractivity contribution is 5.77. The van der Waals surface area contributed by atoms with Gasteiger partial charge < -0.3 is 11.1 Å². The molecule has 1 aliphatic rings. The number of hydrogen-bond acceptors (Lipinski definition) is 7. The number of tetrazole rings is 1. The fourth-order valence-electron chi connectivity index (χ4n) is 4.14. The molecule has 1 saturated heterocycles. The molecule has 11 heteroatoms. The van der Waals surface area contributed by atoms with E-state index in [4.69, 9.17) is 10.8 Å². The number of hydrogen-bond donors (Lipinski definition) is 2. The standard InChI is InChI=1S/C22H23F2N9/c1-12-3-4-18(20(24)19(12)23)33-22(28-30-31-33)16-9-14(10-27-21(16)25)17-11-32(29-13(17)2)15-5-7-26-8-6-15/h3-4,9-11,15,26H,5-8H2,1-2H3,(H2,25,27). The fraction of sp³-hybridized carbons (Fsp3) is 0.318. The summed E-state index contributed by atoms with van der Waals surface area (Å²) in [7, 11) is 0. The van der Waals surface area contributed by atoms with Gasteiger partial charge in [-0.05, 0) is 67.9 Å². The first-order valence-corrected chi connectivity index (χ1v) is 10.7. The zero-order chi connectivity index (χ0) is 23.1. The maximum atomic E-state index is 14.6. The first-order valence-electron chi connectivity index (χ1n) is 10.7. The Labute approximate surface area is 188 Å². The Hall–Kier alpha value is -3.73. The summed E-state index contributed by atoms with van der Waals surface area (Å²) in [6.45, 7) is 5.36. The van der Waals surface area contributed by atoms with Crippen molar-refractivity contribution in [3.63, 3.8) is 0 Å². The van der Waals surface area contributed by atoms with E-state index >= 15 is 0 Å². The average molecular weight is 451 g/mol. The molecule has 0 saturated carbocycles. The molecule has 0 radical (unpaired) electrons. The molecule has 5 rings (SSSR count). The minimum Gasteiger partial charge on any atom is -0.383 e. The number of halogens is 2. The third-order valence-electron chi connectivity index (χ3n) is 6.02. The van der Waals surface area contributed by atoms with Gasteiger partial charge in [0, 0.05) is 23.5 Å². The summed E-state index contributed by atoms with van der Waals surface area (Å²) < 4.78 is 32.0. The Morgan fingerprint density at radius 3 is 2.67 bits per heavy atom. The van der Waals surface area contributed by atoms with Crippen LogP contribution >= 0.6 is 0 Å². The van der Waals surface area contributed by atoms with E-state index in [1.807, 2.05) is 17.8 Å². The summed E-state index contributed by atoms with van der Waals surface area (Å²) in [5.41, 5.74) is 9.18. The van der Waals surface area contributed by atoms with Crippen LogP contribution in [0.15, 0.2) is 30.6 Å². The maximum Gasteiger partial charge on any atom is 0.190 e. The average Bonchev–Trinajstić information content (AvgIpc) is 3.46. The van der Waals surface area contributed by atoms with E-state index in [9.17, 15) is 8.78 Å². The first kappa shape index (κ1) is 21.1. The van der Waals surface area contributed by atoms with Crippen molar-refractivity contribution < 1.29 is 8.78 Å². The van der Waals surface area contributed by atoms with Gasteiger partial charge in [0.2, 0.25) is 0 Å². The van der Waals surface area contributed by atoms with Gasteiger partial charge in [-0.2, -0.15) is 9.78 Å². The number of benzene rings is 1. The van der Waals surface area contributed by atoms with Crippen LogP contribution in [-0.2, 0) is 0 Å². The minimum atomic E-state index is -1.04. The van der Waals surface area contributed by atoms with Gasteiger partial charge in [-0.1, -0.05) is 6.07 Å². The van der Waals surface area contributed by atoms with Crippen molar-refractivity contribution in [2.75, 3.05) is 18.8 Å². The molecule has 3 N–H and O–H groups in total. The molecule has 4 heterocycles. The number of rotatable bonds is 4. The van der Waals surface area contributed by atoms with E-state index in [1.54, 1.807) is 12.3 Å². The first-order chi connectivity index (χ1) is 15.9. The quantitative estimate of drug-likeness (QED) is 0.490. The van der Waals surface area contributed by atoms with Crippen LogP contribution in [0.2, 0.25) is 0 Å². The van der Waals surface area contributed by atoms with Crippen molar-refractivity contribution in [3.8, 4) is 28.2 Å². The van der Waals surface area contributed by atoms with Gasteiger partial charge in [0.15, 0.2) is 17.5 Å². The molecule has 4 aromatic rings. The molecule has 3 aromatic heterocycles. The number of pyridine rings is 1. The predicted octanol–water partition coefficient (Wildman–Crippen LogP) is 2.99. The molecule has 0 atom stereocenters. The lowest BCUT2D eigenvalue weighted by atomic mass is 10.1. The Morgan fingerprint density at radius 1 is 1.09 bits per heavy atom. The van der Waals surface area contributed by atoms with Gasteiger partial charge in [0.1, 0.15) is 11.5 Å². The zero-order valence-corrected chi connectivity index (χ0v) is 18.3.